The van der Waals surface area contributed by atoms with Gasteiger partial charge in [-0.3, -0.25) is 0 Å². The maximum atomic E-state index is 10.2. The first-order valence-electron chi connectivity index (χ1n) is 4.96. The second kappa shape index (κ2) is 4.40. The zero-order valence-electron chi connectivity index (χ0n) is 8.06. The van der Waals surface area contributed by atoms with E-state index in [1.807, 2.05) is 30.3 Å². The summed E-state index contributed by atoms with van der Waals surface area (Å²) in [5, 5.41) is 2.37. The van der Waals surface area contributed by atoms with Crippen molar-refractivity contribution in [3.05, 3.63) is 53.8 Å². The number of rotatable bonds is 2. The predicted octanol–water partition coefficient (Wildman–Crippen LogP) is 1.43. The summed E-state index contributed by atoms with van der Waals surface area (Å²) in [5.41, 5.74) is 0. The maximum Gasteiger partial charge on any atom is 0.231 e. The van der Waals surface area contributed by atoms with Crippen LogP contribution in [0.25, 0.3) is 0 Å². The van der Waals surface area contributed by atoms with Crippen molar-refractivity contribution >= 4 is 14.2 Å². The lowest BCUT2D eigenvalue weighted by molar-refractivity contribution is 0.591. The topological polar surface area (TPSA) is 20.2 Å². The van der Waals surface area contributed by atoms with Crippen LogP contribution in [0.4, 0.5) is 0 Å². The summed E-state index contributed by atoms with van der Waals surface area (Å²) < 4.78 is 0. The van der Waals surface area contributed by atoms with Crippen LogP contribution in [0.15, 0.2) is 53.8 Å². The van der Waals surface area contributed by atoms with Gasteiger partial charge in [0.15, 0.2) is 0 Å². The molecule has 0 amide bonds. The third-order valence-corrected chi connectivity index (χ3v) is 4.71. The van der Waals surface area contributed by atoms with Gasteiger partial charge in [0, 0.05) is 0 Å². The van der Waals surface area contributed by atoms with E-state index in [-0.39, 0.29) is 0 Å². The molecule has 0 saturated heterocycles. The van der Waals surface area contributed by atoms with Crippen molar-refractivity contribution in [1.29, 1.82) is 0 Å². The maximum absolute atomic E-state index is 10.2. The van der Waals surface area contributed by atoms with Gasteiger partial charge in [-0.15, -0.1) is 0 Å². The van der Waals surface area contributed by atoms with Gasteiger partial charge in [0.2, 0.25) is 9.04 Å². The molecule has 1 unspecified atom stereocenters. The van der Waals surface area contributed by atoms with Gasteiger partial charge >= 0.3 is 0 Å². The van der Waals surface area contributed by atoms with Crippen LogP contribution in [0.1, 0.15) is 12.8 Å². The Kier molecular flexibility index (Phi) is 2.96. The normalized spacial score (nSPS) is 17.6. The molecule has 1 aliphatic carbocycles. The monoisotopic (exact) mass is 202 g/mol. The Labute approximate surface area is 86.1 Å². The number of hydrogen-bond acceptors (Lipinski definition) is 1. The minimum absolute atomic E-state index is 1.03. The first-order chi connectivity index (χ1) is 6.88. The summed E-state index contributed by atoms with van der Waals surface area (Å²) in [6.45, 7) is 0. The molecule has 1 nitrogen and oxygen atoms in total. The Bertz CT molecular complexity index is 354. The minimum Gasteiger partial charge on any atom is -0.426 e. The summed E-state index contributed by atoms with van der Waals surface area (Å²) in [6, 6.07) is 10.0. The highest BCUT2D eigenvalue weighted by atomic mass is 28.3. The fourth-order valence-electron chi connectivity index (χ4n) is 1.70. The zero-order valence-corrected chi connectivity index (χ0v) is 9.21. The fourth-order valence-corrected chi connectivity index (χ4v) is 3.45. The molecule has 1 aliphatic rings. The standard InChI is InChI=1S/C12H14OSi/c13-14(11-7-3-1-4-8-11)12-9-5-2-6-10-12/h1-5,7-9,13-14H,6,10H2. The van der Waals surface area contributed by atoms with Crippen LogP contribution in [0.3, 0.4) is 0 Å². The quantitative estimate of drug-likeness (QED) is 0.719. The van der Waals surface area contributed by atoms with Gasteiger partial charge in [0.1, 0.15) is 0 Å². The van der Waals surface area contributed by atoms with E-state index in [0.717, 1.165) is 18.0 Å². The largest absolute Gasteiger partial charge is 0.426 e. The van der Waals surface area contributed by atoms with Crippen molar-refractivity contribution < 1.29 is 4.80 Å². The molecule has 14 heavy (non-hydrogen) atoms. The van der Waals surface area contributed by atoms with E-state index >= 15 is 0 Å². The first kappa shape index (κ1) is 9.43. The Hall–Kier alpha value is -1.12. The number of hydrogen-bond donors (Lipinski definition) is 1. The van der Waals surface area contributed by atoms with Gasteiger partial charge in [0.05, 0.1) is 0 Å². The molecule has 1 N–H and O–H groups in total. The van der Waals surface area contributed by atoms with Gasteiger partial charge in [0.25, 0.3) is 0 Å². The fraction of sp³-hybridized carbons (Fsp3) is 0.167. The summed E-state index contributed by atoms with van der Waals surface area (Å²) in [6.07, 6.45) is 8.38. The minimum atomic E-state index is -1.83. The molecular formula is C12H14OSi. The highest BCUT2D eigenvalue weighted by Gasteiger charge is 2.15. The molecule has 0 radical (unpaired) electrons. The molecular weight excluding hydrogens is 188 g/mol. The summed E-state index contributed by atoms with van der Waals surface area (Å²) in [5.74, 6) is 0. The lowest BCUT2D eigenvalue weighted by Gasteiger charge is -2.14. The molecule has 0 bridgehead atoms. The first-order valence-corrected chi connectivity index (χ1v) is 6.63. The van der Waals surface area contributed by atoms with Crippen LogP contribution in [-0.4, -0.2) is 13.8 Å². The molecule has 0 fully saturated rings. The van der Waals surface area contributed by atoms with Crippen molar-refractivity contribution in [2.75, 3.05) is 0 Å². The van der Waals surface area contributed by atoms with Crippen LogP contribution in [0.5, 0.6) is 0 Å². The molecule has 0 heterocycles. The Balaban J connectivity index is 2.19. The molecule has 1 aromatic carbocycles. The summed E-state index contributed by atoms with van der Waals surface area (Å²) in [7, 11) is -1.83. The highest BCUT2D eigenvalue weighted by molar-refractivity contribution is 6.73. The molecule has 2 rings (SSSR count). The lowest BCUT2D eigenvalue weighted by atomic mass is 10.2. The van der Waals surface area contributed by atoms with E-state index in [1.165, 1.54) is 5.20 Å². The zero-order chi connectivity index (χ0) is 9.80. The second-order valence-electron chi connectivity index (χ2n) is 3.52. The van der Waals surface area contributed by atoms with Crippen molar-refractivity contribution in [3.63, 3.8) is 0 Å². The molecule has 0 saturated carbocycles. The molecule has 2 heteroatoms. The smallest absolute Gasteiger partial charge is 0.231 e. The Morgan fingerprint density at radius 2 is 1.93 bits per heavy atom. The van der Waals surface area contributed by atoms with E-state index < -0.39 is 9.04 Å². The van der Waals surface area contributed by atoms with E-state index in [2.05, 4.69) is 18.2 Å². The average molecular weight is 202 g/mol. The third kappa shape index (κ3) is 2.03. The number of benzene rings is 1. The van der Waals surface area contributed by atoms with Gasteiger partial charge in [-0.2, -0.15) is 0 Å². The van der Waals surface area contributed by atoms with E-state index in [0.29, 0.717) is 0 Å². The molecule has 72 valence electrons. The van der Waals surface area contributed by atoms with Crippen molar-refractivity contribution in [3.8, 4) is 0 Å². The Morgan fingerprint density at radius 3 is 2.57 bits per heavy atom. The second-order valence-corrected chi connectivity index (χ2v) is 5.73. The highest BCUT2D eigenvalue weighted by Crippen LogP contribution is 2.13. The van der Waals surface area contributed by atoms with Crippen LogP contribution in [-0.2, 0) is 0 Å². The molecule has 1 aromatic rings. The third-order valence-electron chi connectivity index (χ3n) is 2.51. The van der Waals surface area contributed by atoms with Crippen molar-refractivity contribution in [2.45, 2.75) is 12.8 Å². The molecule has 0 aliphatic heterocycles. The van der Waals surface area contributed by atoms with Gasteiger partial charge in [-0.25, -0.2) is 0 Å². The van der Waals surface area contributed by atoms with Crippen molar-refractivity contribution in [2.24, 2.45) is 0 Å². The molecule has 0 spiro atoms. The van der Waals surface area contributed by atoms with Gasteiger partial charge in [-0.05, 0) is 18.0 Å². The van der Waals surface area contributed by atoms with Crippen molar-refractivity contribution in [1.82, 2.24) is 0 Å². The SMILES string of the molecule is O[SiH](C1=CC=CCC1)c1ccccc1. The van der Waals surface area contributed by atoms with Gasteiger partial charge in [-0.1, -0.05) is 53.8 Å². The average Bonchev–Trinajstić information content (AvgIpc) is 2.30. The molecule has 0 aromatic heterocycles. The van der Waals surface area contributed by atoms with Crippen LogP contribution >= 0.6 is 0 Å². The lowest BCUT2D eigenvalue weighted by Crippen LogP contribution is -2.32. The number of allylic oxidation sites excluding steroid dienone is 4. The Morgan fingerprint density at radius 1 is 1.14 bits per heavy atom. The van der Waals surface area contributed by atoms with Crippen LogP contribution < -0.4 is 5.19 Å². The van der Waals surface area contributed by atoms with E-state index in [1.54, 1.807) is 0 Å². The van der Waals surface area contributed by atoms with Crippen LogP contribution in [0.2, 0.25) is 0 Å². The van der Waals surface area contributed by atoms with E-state index in [9.17, 15) is 4.80 Å². The molecule has 1 atom stereocenters. The summed E-state index contributed by atoms with van der Waals surface area (Å²) in [4.78, 5) is 10.2. The summed E-state index contributed by atoms with van der Waals surface area (Å²) >= 11 is 0. The van der Waals surface area contributed by atoms with Crippen LogP contribution in [0, 0.1) is 0 Å². The van der Waals surface area contributed by atoms with E-state index in [4.69, 9.17) is 0 Å². The van der Waals surface area contributed by atoms with Gasteiger partial charge < -0.3 is 4.80 Å². The predicted molar refractivity (Wildman–Crippen MR) is 61.9 cm³/mol.